The molecule has 0 aliphatic heterocycles. The summed E-state index contributed by atoms with van der Waals surface area (Å²) in [5, 5.41) is 16.9. The van der Waals surface area contributed by atoms with Crippen LogP contribution in [0.25, 0.3) is 0 Å². The summed E-state index contributed by atoms with van der Waals surface area (Å²) < 4.78 is 5.05. The molecule has 14 heavy (non-hydrogen) atoms. The summed E-state index contributed by atoms with van der Waals surface area (Å²) in [6.45, 7) is 6.47. The first-order valence-corrected chi connectivity index (χ1v) is 4.48. The number of hydrogen-bond donors (Lipinski definition) is 2. The predicted octanol–water partition coefficient (Wildman–Crippen LogP) is 0.249. The molecular weight excluding hydrogens is 184 g/mol. The molecule has 0 aliphatic carbocycles. The Bertz CT molecular complexity index is 292. The molecule has 6 nitrogen and oxygen atoms in total. The van der Waals surface area contributed by atoms with Gasteiger partial charge in [0.2, 0.25) is 0 Å². The van der Waals surface area contributed by atoms with E-state index in [0.29, 0.717) is 19.1 Å². The normalized spacial score (nSPS) is 11.7. The molecule has 0 saturated heterocycles. The minimum absolute atomic E-state index is 0.0363. The molecule has 1 aromatic rings. The van der Waals surface area contributed by atoms with Gasteiger partial charge in [0.05, 0.1) is 12.1 Å². The van der Waals surface area contributed by atoms with E-state index >= 15 is 0 Å². The summed E-state index contributed by atoms with van der Waals surface area (Å²) in [5.74, 6) is 0. The highest BCUT2D eigenvalue weighted by Crippen LogP contribution is 2.15. The maximum absolute atomic E-state index is 9.62. The lowest BCUT2D eigenvalue weighted by atomic mass is 10.1. The van der Waals surface area contributed by atoms with Gasteiger partial charge < -0.3 is 20.2 Å². The fraction of sp³-hybridized carbons (Fsp3) is 0.750. The van der Waals surface area contributed by atoms with Crippen LogP contribution < -0.4 is 10.6 Å². The number of nitrogens with two attached hydrogens (primary N) is 1. The Labute approximate surface area is 82.7 Å². The van der Waals surface area contributed by atoms with E-state index in [4.69, 9.17) is 10.2 Å². The highest BCUT2D eigenvalue weighted by molar-refractivity contribution is 5.28. The van der Waals surface area contributed by atoms with Gasteiger partial charge in [0, 0.05) is 6.54 Å². The molecule has 1 heterocycles. The second-order valence-corrected chi connectivity index (χ2v) is 3.75. The maximum atomic E-state index is 9.62. The molecule has 80 valence electrons. The van der Waals surface area contributed by atoms with E-state index in [1.807, 2.05) is 6.92 Å². The Morgan fingerprint density at radius 2 is 2.14 bits per heavy atom. The average molecular weight is 200 g/mol. The van der Waals surface area contributed by atoms with Crippen molar-refractivity contribution in [3.8, 4) is 0 Å². The number of rotatable bonds is 4. The third kappa shape index (κ3) is 2.88. The van der Waals surface area contributed by atoms with E-state index in [1.54, 1.807) is 18.7 Å². The standard InChI is InChI=1S/C8H16N4O2/c1-4-12(5-8(2,3)13)7-11-10-6(9)14-7/h13H,4-5H2,1-3H3,(H2,9,10). The summed E-state index contributed by atoms with van der Waals surface area (Å²) >= 11 is 0. The first-order valence-electron chi connectivity index (χ1n) is 4.48. The van der Waals surface area contributed by atoms with Crippen LogP contribution in [0.4, 0.5) is 12.0 Å². The van der Waals surface area contributed by atoms with Crippen molar-refractivity contribution in [2.24, 2.45) is 0 Å². The largest absolute Gasteiger partial charge is 0.390 e. The number of hydrogen-bond acceptors (Lipinski definition) is 6. The van der Waals surface area contributed by atoms with Crippen molar-refractivity contribution < 1.29 is 9.52 Å². The molecule has 0 saturated carbocycles. The zero-order chi connectivity index (χ0) is 10.8. The number of aliphatic hydroxyl groups is 1. The Hall–Kier alpha value is -1.30. The SMILES string of the molecule is CCN(CC(C)(C)O)c1nnc(N)o1. The average Bonchev–Trinajstić information content (AvgIpc) is 2.46. The van der Waals surface area contributed by atoms with Crippen LogP contribution in [-0.2, 0) is 0 Å². The van der Waals surface area contributed by atoms with Crippen LogP contribution in [0.15, 0.2) is 4.42 Å². The molecule has 0 radical (unpaired) electrons. The van der Waals surface area contributed by atoms with Crippen LogP contribution in [0.1, 0.15) is 20.8 Å². The van der Waals surface area contributed by atoms with E-state index in [1.165, 1.54) is 0 Å². The molecule has 1 rings (SSSR count). The summed E-state index contributed by atoms with van der Waals surface area (Å²) in [7, 11) is 0. The van der Waals surface area contributed by atoms with Crippen LogP contribution in [-0.4, -0.2) is 34.0 Å². The quantitative estimate of drug-likeness (QED) is 0.724. The van der Waals surface area contributed by atoms with Gasteiger partial charge in [-0.05, 0) is 20.8 Å². The van der Waals surface area contributed by atoms with Crippen molar-refractivity contribution in [3.05, 3.63) is 0 Å². The summed E-state index contributed by atoms with van der Waals surface area (Å²) in [6.07, 6.45) is 0. The minimum atomic E-state index is -0.806. The van der Waals surface area contributed by atoms with Gasteiger partial charge in [-0.15, -0.1) is 0 Å². The highest BCUT2D eigenvalue weighted by atomic mass is 16.4. The third-order valence-corrected chi connectivity index (χ3v) is 1.66. The Morgan fingerprint density at radius 1 is 1.50 bits per heavy atom. The molecule has 0 bridgehead atoms. The molecule has 6 heteroatoms. The van der Waals surface area contributed by atoms with Crippen LogP contribution in [0.5, 0.6) is 0 Å². The van der Waals surface area contributed by atoms with Crippen molar-refractivity contribution in [2.75, 3.05) is 23.7 Å². The van der Waals surface area contributed by atoms with E-state index in [9.17, 15) is 5.11 Å². The molecule has 0 amide bonds. The monoisotopic (exact) mass is 200 g/mol. The van der Waals surface area contributed by atoms with E-state index < -0.39 is 5.60 Å². The highest BCUT2D eigenvalue weighted by Gasteiger charge is 2.20. The van der Waals surface area contributed by atoms with Gasteiger partial charge in [-0.25, -0.2) is 0 Å². The molecule has 0 aromatic carbocycles. The lowest BCUT2D eigenvalue weighted by molar-refractivity contribution is 0.0864. The Morgan fingerprint density at radius 3 is 2.50 bits per heavy atom. The number of anilines is 2. The lowest BCUT2D eigenvalue weighted by Gasteiger charge is -2.26. The molecule has 0 unspecified atom stereocenters. The van der Waals surface area contributed by atoms with E-state index in [-0.39, 0.29) is 6.01 Å². The molecule has 0 fully saturated rings. The first kappa shape index (κ1) is 10.8. The molecular formula is C8H16N4O2. The van der Waals surface area contributed by atoms with Gasteiger partial charge in [0.15, 0.2) is 0 Å². The van der Waals surface area contributed by atoms with Gasteiger partial charge in [-0.3, -0.25) is 0 Å². The summed E-state index contributed by atoms with van der Waals surface area (Å²) in [4.78, 5) is 1.77. The van der Waals surface area contributed by atoms with Gasteiger partial charge in [-0.1, -0.05) is 10.2 Å². The zero-order valence-electron chi connectivity index (χ0n) is 8.69. The van der Waals surface area contributed by atoms with Gasteiger partial charge in [-0.2, -0.15) is 0 Å². The first-order chi connectivity index (χ1) is 6.42. The predicted molar refractivity (Wildman–Crippen MR) is 52.9 cm³/mol. The van der Waals surface area contributed by atoms with Gasteiger partial charge in [0.25, 0.3) is 0 Å². The topological polar surface area (TPSA) is 88.4 Å². The lowest BCUT2D eigenvalue weighted by Crippen LogP contribution is -2.38. The molecule has 1 aromatic heterocycles. The van der Waals surface area contributed by atoms with Crippen molar-refractivity contribution in [2.45, 2.75) is 26.4 Å². The minimum Gasteiger partial charge on any atom is -0.390 e. The van der Waals surface area contributed by atoms with Crippen LogP contribution >= 0.6 is 0 Å². The molecule has 0 aliphatic rings. The van der Waals surface area contributed by atoms with Crippen molar-refractivity contribution in [1.82, 2.24) is 10.2 Å². The van der Waals surface area contributed by atoms with Crippen LogP contribution in [0, 0.1) is 0 Å². The van der Waals surface area contributed by atoms with Gasteiger partial charge >= 0.3 is 12.0 Å². The van der Waals surface area contributed by atoms with E-state index in [2.05, 4.69) is 10.2 Å². The van der Waals surface area contributed by atoms with Crippen molar-refractivity contribution in [1.29, 1.82) is 0 Å². The maximum Gasteiger partial charge on any atom is 0.319 e. The Balaban J connectivity index is 2.72. The van der Waals surface area contributed by atoms with E-state index in [0.717, 1.165) is 0 Å². The van der Waals surface area contributed by atoms with Crippen molar-refractivity contribution in [3.63, 3.8) is 0 Å². The number of nitrogen functional groups attached to an aromatic ring is 1. The Kier molecular flexibility index (Phi) is 2.95. The zero-order valence-corrected chi connectivity index (χ0v) is 8.69. The number of aromatic nitrogens is 2. The summed E-state index contributed by atoms with van der Waals surface area (Å²) in [5.41, 5.74) is 4.50. The molecule has 3 N–H and O–H groups in total. The molecule has 0 atom stereocenters. The van der Waals surface area contributed by atoms with Gasteiger partial charge in [0.1, 0.15) is 0 Å². The van der Waals surface area contributed by atoms with Crippen LogP contribution in [0.3, 0.4) is 0 Å². The molecule has 0 spiro atoms. The fourth-order valence-corrected chi connectivity index (χ4v) is 1.14. The third-order valence-electron chi connectivity index (χ3n) is 1.66. The second kappa shape index (κ2) is 3.83. The number of likely N-dealkylation sites (N-methyl/N-ethyl adjacent to an activating group) is 1. The van der Waals surface area contributed by atoms with Crippen molar-refractivity contribution >= 4 is 12.0 Å². The second-order valence-electron chi connectivity index (χ2n) is 3.75. The smallest absolute Gasteiger partial charge is 0.319 e. The fourth-order valence-electron chi connectivity index (χ4n) is 1.14. The number of nitrogens with zero attached hydrogens (tertiary/aromatic N) is 3. The summed E-state index contributed by atoms with van der Waals surface area (Å²) in [6, 6.07) is 0.376. The van der Waals surface area contributed by atoms with Crippen LogP contribution in [0.2, 0.25) is 0 Å².